The fourth-order valence-electron chi connectivity index (χ4n) is 6.08. The number of nitrogens with zero attached hydrogens (tertiary/aromatic N) is 1. The maximum absolute atomic E-state index is 12.8. The quantitative estimate of drug-likeness (QED) is 0.924. The second kappa shape index (κ2) is 5.61. The van der Waals surface area contributed by atoms with E-state index < -0.39 is 5.91 Å². The summed E-state index contributed by atoms with van der Waals surface area (Å²) in [6, 6.07) is 6.76. The number of primary amides is 1. The Kier molecular flexibility index (Phi) is 3.66. The van der Waals surface area contributed by atoms with Crippen molar-refractivity contribution in [3.8, 4) is 0 Å². The van der Waals surface area contributed by atoms with Crippen molar-refractivity contribution in [1.82, 2.24) is 4.90 Å². The number of nitrogens with two attached hydrogens (primary N) is 1. The Balaban J connectivity index is 1.50. The normalized spacial score (nSPS) is 33.5. The molecule has 4 bridgehead atoms. The van der Waals surface area contributed by atoms with Crippen LogP contribution >= 0.6 is 0 Å². The van der Waals surface area contributed by atoms with Gasteiger partial charge in [0.1, 0.15) is 0 Å². The molecule has 0 heterocycles. The van der Waals surface area contributed by atoms with Crippen LogP contribution < -0.4 is 5.73 Å². The van der Waals surface area contributed by atoms with E-state index in [-0.39, 0.29) is 5.91 Å². The van der Waals surface area contributed by atoms with Crippen molar-refractivity contribution >= 4 is 11.8 Å². The third kappa shape index (κ3) is 2.72. The molecule has 2 N–H and O–H groups in total. The van der Waals surface area contributed by atoms with E-state index in [0.717, 1.165) is 24.3 Å². The number of benzene rings is 1. The Morgan fingerprint density at radius 2 is 1.62 bits per heavy atom. The molecule has 5 rings (SSSR count). The molecule has 1 aromatic rings. The van der Waals surface area contributed by atoms with Crippen molar-refractivity contribution < 1.29 is 9.59 Å². The Morgan fingerprint density at radius 1 is 1.08 bits per heavy atom. The molecule has 4 aliphatic carbocycles. The van der Waals surface area contributed by atoms with Gasteiger partial charge in [-0.2, -0.15) is 0 Å². The van der Waals surface area contributed by atoms with Crippen LogP contribution in [0.1, 0.15) is 59.2 Å². The van der Waals surface area contributed by atoms with Crippen LogP contribution in [0.15, 0.2) is 24.3 Å². The minimum Gasteiger partial charge on any atom is -0.366 e. The summed E-state index contributed by atoms with van der Waals surface area (Å²) in [5, 5.41) is 0. The van der Waals surface area contributed by atoms with Crippen LogP contribution in [0.2, 0.25) is 0 Å². The lowest BCUT2D eigenvalue weighted by atomic mass is 9.49. The highest BCUT2D eigenvalue weighted by Crippen LogP contribution is 2.60. The summed E-state index contributed by atoms with van der Waals surface area (Å²) in [6.45, 7) is 0.843. The topological polar surface area (TPSA) is 63.4 Å². The Hall–Kier alpha value is -1.84. The zero-order valence-corrected chi connectivity index (χ0v) is 14.3. The summed E-state index contributed by atoms with van der Waals surface area (Å²) in [5.74, 6) is 2.16. The predicted molar refractivity (Wildman–Crippen MR) is 92.5 cm³/mol. The van der Waals surface area contributed by atoms with Crippen LogP contribution in [0.3, 0.4) is 0 Å². The molecule has 0 aliphatic heterocycles. The number of rotatable bonds is 4. The molecule has 4 heteroatoms. The molecule has 4 aliphatic rings. The Bertz CT molecular complexity index is 647. The van der Waals surface area contributed by atoms with E-state index in [0.29, 0.717) is 16.5 Å². The van der Waals surface area contributed by atoms with Gasteiger partial charge in [-0.05, 0) is 79.9 Å². The molecular formula is C20H26N2O2. The molecule has 2 amide bonds. The third-order valence-electron chi connectivity index (χ3n) is 6.48. The van der Waals surface area contributed by atoms with Crippen molar-refractivity contribution in [3.63, 3.8) is 0 Å². The highest BCUT2D eigenvalue weighted by atomic mass is 16.2. The molecule has 0 aromatic heterocycles. The van der Waals surface area contributed by atoms with Gasteiger partial charge >= 0.3 is 0 Å². The van der Waals surface area contributed by atoms with Crippen LogP contribution in [-0.4, -0.2) is 30.3 Å². The summed E-state index contributed by atoms with van der Waals surface area (Å²) in [6.07, 6.45) is 8.11. The van der Waals surface area contributed by atoms with Gasteiger partial charge in [0.2, 0.25) is 5.91 Å². The minimum atomic E-state index is -0.492. The van der Waals surface area contributed by atoms with Gasteiger partial charge in [-0.1, -0.05) is 6.07 Å². The zero-order valence-electron chi connectivity index (χ0n) is 14.3. The summed E-state index contributed by atoms with van der Waals surface area (Å²) in [7, 11) is 1.90. The van der Waals surface area contributed by atoms with Crippen molar-refractivity contribution in [2.24, 2.45) is 28.9 Å². The molecule has 24 heavy (non-hydrogen) atoms. The van der Waals surface area contributed by atoms with Gasteiger partial charge in [0.05, 0.1) is 0 Å². The summed E-state index contributed by atoms with van der Waals surface area (Å²) < 4.78 is 0. The van der Waals surface area contributed by atoms with Gasteiger partial charge in [0.25, 0.3) is 5.91 Å². The van der Waals surface area contributed by atoms with Crippen molar-refractivity contribution in [2.45, 2.75) is 38.5 Å². The number of carbonyl (C=O) groups excluding carboxylic acids is 2. The number of carbonyl (C=O) groups is 2. The van der Waals surface area contributed by atoms with Gasteiger partial charge in [-0.25, -0.2) is 0 Å². The maximum atomic E-state index is 12.8. The van der Waals surface area contributed by atoms with E-state index in [2.05, 4.69) is 0 Å². The van der Waals surface area contributed by atoms with E-state index >= 15 is 0 Å². The molecule has 1 aromatic carbocycles. The average Bonchev–Trinajstić information content (AvgIpc) is 2.52. The van der Waals surface area contributed by atoms with E-state index in [9.17, 15) is 9.59 Å². The van der Waals surface area contributed by atoms with Crippen molar-refractivity contribution in [1.29, 1.82) is 0 Å². The summed E-state index contributed by atoms with van der Waals surface area (Å²) >= 11 is 0. The Labute approximate surface area is 143 Å². The first-order chi connectivity index (χ1) is 11.4. The lowest BCUT2D eigenvalue weighted by molar-refractivity contribution is -0.0629. The van der Waals surface area contributed by atoms with Crippen molar-refractivity contribution in [3.05, 3.63) is 35.4 Å². The second-order valence-electron chi connectivity index (χ2n) is 8.52. The molecular weight excluding hydrogens is 300 g/mol. The van der Waals surface area contributed by atoms with Crippen LogP contribution in [0, 0.1) is 23.2 Å². The number of hydrogen-bond donors (Lipinski definition) is 1. The van der Waals surface area contributed by atoms with Gasteiger partial charge in [0, 0.05) is 24.7 Å². The van der Waals surface area contributed by atoms with E-state index in [1.165, 1.54) is 38.5 Å². The highest BCUT2D eigenvalue weighted by molar-refractivity contribution is 5.99. The SMILES string of the molecule is CN(CC12CC3CC(CC(C3)C1)C2)C(=O)c1cccc(C(N)=O)c1. The van der Waals surface area contributed by atoms with E-state index in [4.69, 9.17) is 5.73 Å². The molecule has 0 spiro atoms. The monoisotopic (exact) mass is 326 g/mol. The number of amides is 2. The first-order valence-corrected chi connectivity index (χ1v) is 9.09. The van der Waals surface area contributed by atoms with Gasteiger partial charge in [0.15, 0.2) is 0 Å². The van der Waals surface area contributed by atoms with Crippen molar-refractivity contribution in [2.75, 3.05) is 13.6 Å². The fraction of sp³-hybridized carbons (Fsp3) is 0.600. The van der Waals surface area contributed by atoms with Crippen LogP contribution in [0.4, 0.5) is 0 Å². The van der Waals surface area contributed by atoms with E-state index in [1.54, 1.807) is 24.3 Å². The zero-order chi connectivity index (χ0) is 16.9. The van der Waals surface area contributed by atoms with Crippen LogP contribution in [-0.2, 0) is 0 Å². The molecule has 4 nitrogen and oxygen atoms in total. The maximum Gasteiger partial charge on any atom is 0.253 e. The molecule has 0 unspecified atom stereocenters. The first kappa shape index (κ1) is 15.7. The fourth-order valence-corrected chi connectivity index (χ4v) is 6.08. The van der Waals surface area contributed by atoms with Crippen LogP contribution in [0.5, 0.6) is 0 Å². The molecule has 4 saturated carbocycles. The average molecular weight is 326 g/mol. The molecule has 0 saturated heterocycles. The molecule has 4 fully saturated rings. The minimum absolute atomic E-state index is 0.00570. The lowest BCUT2D eigenvalue weighted by Crippen LogP contribution is -2.51. The van der Waals surface area contributed by atoms with Gasteiger partial charge in [-0.3, -0.25) is 9.59 Å². The smallest absolute Gasteiger partial charge is 0.253 e. The molecule has 128 valence electrons. The van der Waals surface area contributed by atoms with E-state index in [1.807, 2.05) is 11.9 Å². The highest BCUT2D eigenvalue weighted by Gasteiger charge is 2.51. The lowest BCUT2D eigenvalue weighted by Gasteiger charge is -2.57. The third-order valence-corrected chi connectivity index (χ3v) is 6.48. The predicted octanol–water partition coefficient (Wildman–Crippen LogP) is 3.07. The number of hydrogen-bond acceptors (Lipinski definition) is 2. The van der Waals surface area contributed by atoms with Gasteiger partial charge < -0.3 is 10.6 Å². The standard InChI is InChI=1S/C20H26N2O2/c1-22(19(24)17-4-2-3-16(8-17)18(21)23)12-20-9-13-5-14(10-20)7-15(6-13)11-20/h2-4,8,13-15H,5-7,9-12H2,1H3,(H2,21,23). The summed E-state index contributed by atoms with van der Waals surface area (Å²) in [4.78, 5) is 26.0. The summed E-state index contributed by atoms with van der Waals surface area (Å²) in [5.41, 5.74) is 6.61. The molecule has 0 radical (unpaired) electrons. The first-order valence-electron chi connectivity index (χ1n) is 9.09. The van der Waals surface area contributed by atoms with Crippen LogP contribution in [0.25, 0.3) is 0 Å². The second-order valence-corrected chi connectivity index (χ2v) is 8.52. The largest absolute Gasteiger partial charge is 0.366 e. The molecule has 0 atom stereocenters. The Morgan fingerprint density at radius 3 is 2.17 bits per heavy atom. The van der Waals surface area contributed by atoms with Gasteiger partial charge in [-0.15, -0.1) is 0 Å².